The van der Waals surface area contributed by atoms with E-state index in [1.807, 2.05) is 30.3 Å². The van der Waals surface area contributed by atoms with Crippen LogP contribution in [0.15, 0.2) is 48.5 Å². The minimum absolute atomic E-state index is 0.112. The number of benzene rings is 2. The molecule has 0 aliphatic carbocycles. The summed E-state index contributed by atoms with van der Waals surface area (Å²) in [6, 6.07) is 12.4. The van der Waals surface area contributed by atoms with Gasteiger partial charge in [0.1, 0.15) is 18.2 Å². The van der Waals surface area contributed by atoms with Crippen molar-refractivity contribution in [2.24, 2.45) is 11.8 Å². The number of carboxylic acid groups (broad SMARTS) is 1. The Morgan fingerprint density at radius 2 is 1.82 bits per heavy atom. The first-order valence-electron chi connectivity index (χ1n) is 12.9. The number of rotatable bonds is 8. The molecule has 0 saturated carbocycles. The number of aliphatic carboxylic acids is 1. The van der Waals surface area contributed by atoms with E-state index in [9.17, 15) is 14.7 Å². The van der Waals surface area contributed by atoms with Crippen LogP contribution in [0.4, 0.5) is 0 Å². The van der Waals surface area contributed by atoms with Gasteiger partial charge in [0, 0.05) is 22.0 Å². The highest BCUT2D eigenvalue weighted by atomic mass is 35.5. The molecule has 210 valence electrons. The SMILES string of the molecule is CCOC(=O)[C@H]1[C@H]([C@@H]2O[C@@H]3OC(C)(C)O[C@@H]3[C@H]2OCc2ccccc2)[C@@H](C(=O)O)N[C@H]1c1cc(Cl)ccc1Cl. The minimum Gasteiger partial charge on any atom is -0.480 e. The maximum Gasteiger partial charge on any atom is 0.321 e. The van der Waals surface area contributed by atoms with Crippen LogP contribution >= 0.6 is 23.2 Å². The molecule has 0 aromatic heterocycles. The van der Waals surface area contributed by atoms with Gasteiger partial charge in [-0.25, -0.2) is 0 Å². The smallest absolute Gasteiger partial charge is 0.321 e. The first-order valence-corrected chi connectivity index (χ1v) is 13.6. The van der Waals surface area contributed by atoms with Crippen LogP contribution in [0.5, 0.6) is 0 Å². The molecule has 0 spiro atoms. The zero-order chi connectivity index (χ0) is 27.9. The molecule has 0 unspecified atom stereocenters. The van der Waals surface area contributed by atoms with Crippen LogP contribution in [0.3, 0.4) is 0 Å². The summed E-state index contributed by atoms with van der Waals surface area (Å²) in [6.07, 6.45) is -3.07. The number of halogens is 2. The van der Waals surface area contributed by atoms with E-state index >= 15 is 0 Å². The molecule has 3 saturated heterocycles. The number of carbonyl (C=O) groups is 2. The summed E-state index contributed by atoms with van der Waals surface area (Å²) in [4.78, 5) is 26.1. The summed E-state index contributed by atoms with van der Waals surface area (Å²) in [7, 11) is 0. The predicted molar refractivity (Wildman–Crippen MR) is 141 cm³/mol. The highest BCUT2D eigenvalue weighted by molar-refractivity contribution is 6.33. The lowest BCUT2D eigenvalue weighted by atomic mass is 9.79. The normalized spacial score (nSPS) is 33.2. The Balaban J connectivity index is 1.54. The van der Waals surface area contributed by atoms with Gasteiger partial charge in [0.15, 0.2) is 12.1 Å². The van der Waals surface area contributed by atoms with Crippen molar-refractivity contribution in [2.45, 2.75) is 69.9 Å². The molecule has 5 rings (SSSR count). The lowest BCUT2D eigenvalue weighted by Crippen LogP contribution is -2.49. The van der Waals surface area contributed by atoms with Crippen LogP contribution in [0.1, 0.15) is 37.9 Å². The second-order valence-corrected chi connectivity index (χ2v) is 11.2. The third-order valence-corrected chi connectivity index (χ3v) is 7.91. The van der Waals surface area contributed by atoms with Gasteiger partial charge < -0.3 is 28.8 Å². The molecular weight excluding hydrogens is 549 g/mol. The van der Waals surface area contributed by atoms with E-state index in [1.165, 1.54) is 0 Å². The van der Waals surface area contributed by atoms with Crippen molar-refractivity contribution in [3.63, 3.8) is 0 Å². The molecule has 3 aliphatic rings. The van der Waals surface area contributed by atoms with Crippen molar-refractivity contribution in [1.82, 2.24) is 5.32 Å². The predicted octanol–water partition coefficient (Wildman–Crippen LogP) is 4.35. The molecule has 3 fully saturated rings. The van der Waals surface area contributed by atoms with E-state index < -0.39 is 66.2 Å². The third kappa shape index (κ3) is 5.67. The maximum absolute atomic E-state index is 13.5. The quantitative estimate of drug-likeness (QED) is 0.440. The molecule has 2 aromatic rings. The molecule has 0 amide bonds. The summed E-state index contributed by atoms with van der Waals surface area (Å²) in [5.41, 5.74) is 1.41. The second-order valence-electron chi connectivity index (χ2n) is 10.3. The molecule has 2 aromatic carbocycles. The number of esters is 1. The fourth-order valence-corrected chi connectivity index (χ4v) is 6.22. The Kier molecular flexibility index (Phi) is 8.22. The zero-order valence-electron chi connectivity index (χ0n) is 21.7. The van der Waals surface area contributed by atoms with E-state index in [1.54, 1.807) is 39.0 Å². The van der Waals surface area contributed by atoms with Gasteiger partial charge in [0.05, 0.1) is 25.2 Å². The standard InChI is InChI=1S/C28H31Cl2NO8/c1-4-35-26(34)19-18(21(25(32)33)31-20(19)16-12-15(29)10-11-17(16)30)22-23(36-13-14-8-6-5-7-9-14)24-27(37-22)39-28(2,3)38-24/h5-12,18-24,27,31H,4,13H2,1-3H3,(H,32,33)/t18-,19-,20-,21-,22-,23-,24+,27+/m0/s1. The van der Waals surface area contributed by atoms with Gasteiger partial charge in [0.2, 0.25) is 0 Å². The van der Waals surface area contributed by atoms with Crippen LogP contribution in [0.2, 0.25) is 10.0 Å². The van der Waals surface area contributed by atoms with Crippen molar-refractivity contribution in [2.75, 3.05) is 6.61 Å². The molecule has 3 aliphatic heterocycles. The molecule has 0 radical (unpaired) electrons. The van der Waals surface area contributed by atoms with Gasteiger partial charge >= 0.3 is 11.9 Å². The minimum atomic E-state index is -1.20. The van der Waals surface area contributed by atoms with Gasteiger partial charge in [-0.2, -0.15) is 0 Å². The number of carboxylic acids is 1. The van der Waals surface area contributed by atoms with Crippen LogP contribution in [-0.4, -0.2) is 60.1 Å². The number of ether oxygens (including phenoxy) is 5. The topological polar surface area (TPSA) is 113 Å². The summed E-state index contributed by atoms with van der Waals surface area (Å²) in [5.74, 6) is -4.56. The van der Waals surface area contributed by atoms with E-state index in [-0.39, 0.29) is 13.2 Å². The molecule has 9 nitrogen and oxygen atoms in total. The Labute approximate surface area is 236 Å². The number of nitrogens with one attached hydrogen (secondary N) is 1. The van der Waals surface area contributed by atoms with Gasteiger partial charge in [-0.05, 0) is 50.1 Å². The molecule has 3 heterocycles. The monoisotopic (exact) mass is 579 g/mol. The van der Waals surface area contributed by atoms with Crippen LogP contribution in [-0.2, 0) is 39.9 Å². The maximum atomic E-state index is 13.5. The average Bonchev–Trinajstić information content (AvgIpc) is 3.52. The summed E-state index contributed by atoms with van der Waals surface area (Å²) in [5, 5.41) is 14.2. The van der Waals surface area contributed by atoms with Gasteiger partial charge in [-0.1, -0.05) is 53.5 Å². The molecule has 2 N–H and O–H groups in total. The summed E-state index contributed by atoms with van der Waals surface area (Å²) in [6.45, 7) is 5.57. The van der Waals surface area contributed by atoms with Crippen molar-refractivity contribution >= 4 is 35.1 Å². The van der Waals surface area contributed by atoms with E-state index in [4.69, 9.17) is 46.9 Å². The number of hydrogen-bond acceptors (Lipinski definition) is 8. The second kappa shape index (κ2) is 11.3. The lowest BCUT2D eigenvalue weighted by molar-refractivity contribution is -0.228. The van der Waals surface area contributed by atoms with Gasteiger partial charge in [-0.15, -0.1) is 0 Å². The Morgan fingerprint density at radius 1 is 1.08 bits per heavy atom. The highest BCUT2D eigenvalue weighted by Crippen LogP contribution is 2.49. The van der Waals surface area contributed by atoms with Gasteiger partial charge in [-0.3, -0.25) is 14.9 Å². The number of fused-ring (bicyclic) bond motifs is 1. The fraction of sp³-hybridized carbons (Fsp3) is 0.500. The first-order chi connectivity index (χ1) is 18.6. The van der Waals surface area contributed by atoms with Crippen LogP contribution in [0.25, 0.3) is 0 Å². The zero-order valence-corrected chi connectivity index (χ0v) is 23.2. The van der Waals surface area contributed by atoms with E-state index in [2.05, 4.69) is 5.32 Å². The van der Waals surface area contributed by atoms with Crippen molar-refractivity contribution < 1.29 is 38.4 Å². The number of carbonyl (C=O) groups excluding carboxylic acids is 1. The Hall–Kier alpha value is -2.24. The van der Waals surface area contributed by atoms with Crippen molar-refractivity contribution in [1.29, 1.82) is 0 Å². The molecule has 39 heavy (non-hydrogen) atoms. The van der Waals surface area contributed by atoms with E-state index in [0.29, 0.717) is 15.6 Å². The van der Waals surface area contributed by atoms with Crippen LogP contribution < -0.4 is 5.32 Å². The summed E-state index contributed by atoms with van der Waals surface area (Å²) >= 11 is 12.8. The largest absolute Gasteiger partial charge is 0.480 e. The van der Waals surface area contributed by atoms with E-state index in [0.717, 1.165) is 5.56 Å². The first kappa shape index (κ1) is 28.3. The van der Waals surface area contributed by atoms with Crippen molar-refractivity contribution in [3.05, 3.63) is 69.7 Å². The number of hydrogen-bond donors (Lipinski definition) is 2. The van der Waals surface area contributed by atoms with Gasteiger partial charge in [0.25, 0.3) is 0 Å². The molecule has 0 bridgehead atoms. The molecule has 11 heteroatoms. The molecule has 8 atom stereocenters. The van der Waals surface area contributed by atoms with Crippen LogP contribution in [0, 0.1) is 11.8 Å². The summed E-state index contributed by atoms with van der Waals surface area (Å²) < 4.78 is 30.3. The van der Waals surface area contributed by atoms with Crippen molar-refractivity contribution in [3.8, 4) is 0 Å². The Morgan fingerprint density at radius 3 is 2.51 bits per heavy atom. The highest BCUT2D eigenvalue weighted by Gasteiger charge is 2.63. The molecular formula is C28H31Cl2NO8. The average molecular weight is 580 g/mol. The fourth-order valence-electron chi connectivity index (χ4n) is 5.81. The third-order valence-electron chi connectivity index (χ3n) is 7.33. The lowest BCUT2D eigenvalue weighted by Gasteiger charge is -2.33. The Bertz CT molecular complexity index is 1210.